The molecule has 0 fully saturated rings. The summed E-state index contributed by atoms with van der Waals surface area (Å²) in [4.78, 5) is 16.1. The first-order valence-electron chi connectivity index (χ1n) is 7.77. The van der Waals surface area contributed by atoms with Crippen molar-refractivity contribution in [1.82, 2.24) is 0 Å². The van der Waals surface area contributed by atoms with E-state index in [1.165, 1.54) is 25.1 Å². The number of carboxylic acid groups (broad SMARTS) is 1. The molecular formula is C18H11Cl3F3NO3. The van der Waals surface area contributed by atoms with Gasteiger partial charge in [-0.25, -0.2) is 4.79 Å². The number of hydrogen-bond donors (Lipinski definition) is 1. The average Bonchev–Trinajstić information content (AvgIpc) is 3.01. The van der Waals surface area contributed by atoms with Gasteiger partial charge in [0.05, 0.1) is 22.7 Å². The molecule has 4 nitrogen and oxygen atoms in total. The van der Waals surface area contributed by atoms with E-state index in [9.17, 15) is 18.0 Å². The average molecular weight is 453 g/mol. The van der Waals surface area contributed by atoms with Crippen molar-refractivity contribution in [1.29, 1.82) is 0 Å². The van der Waals surface area contributed by atoms with Crippen LogP contribution in [0.1, 0.15) is 33.5 Å². The summed E-state index contributed by atoms with van der Waals surface area (Å²) in [6, 6.07) is 6.06. The van der Waals surface area contributed by atoms with E-state index in [0.717, 1.165) is 12.1 Å². The highest BCUT2D eigenvalue weighted by Crippen LogP contribution is 2.50. The Labute approximate surface area is 172 Å². The first-order valence-corrected chi connectivity index (χ1v) is 8.90. The van der Waals surface area contributed by atoms with Crippen molar-refractivity contribution in [2.24, 2.45) is 5.16 Å². The maximum Gasteiger partial charge on any atom is 0.435 e. The minimum atomic E-state index is -4.84. The molecule has 148 valence electrons. The minimum Gasteiger partial charge on any atom is -0.478 e. The lowest BCUT2D eigenvalue weighted by molar-refractivity contribution is -0.275. The van der Waals surface area contributed by atoms with Gasteiger partial charge in [-0.1, -0.05) is 40.0 Å². The van der Waals surface area contributed by atoms with Gasteiger partial charge in [-0.15, -0.1) is 0 Å². The van der Waals surface area contributed by atoms with E-state index >= 15 is 0 Å². The third-order valence-corrected chi connectivity index (χ3v) is 5.12. The van der Waals surface area contributed by atoms with Crippen LogP contribution in [0.25, 0.3) is 0 Å². The van der Waals surface area contributed by atoms with Crippen LogP contribution in [-0.4, -0.2) is 23.0 Å². The van der Waals surface area contributed by atoms with E-state index in [0.29, 0.717) is 5.56 Å². The summed E-state index contributed by atoms with van der Waals surface area (Å²) in [6.45, 7) is 1.51. The zero-order chi connectivity index (χ0) is 20.9. The molecule has 0 aliphatic carbocycles. The topological polar surface area (TPSA) is 58.9 Å². The fourth-order valence-electron chi connectivity index (χ4n) is 2.97. The van der Waals surface area contributed by atoms with Crippen LogP contribution < -0.4 is 0 Å². The number of aromatic carboxylic acids is 1. The smallest absolute Gasteiger partial charge is 0.435 e. The molecule has 10 heteroatoms. The molecule has 0 aromatic heterocycles. The number of rotatable bonds is 3. The van der Waals surface area contributed by atoms with Gasteiger partial charge >= 0.3 is 12.1 Å². The number of alkyl halides is 3. The number of halogens is 6. The molecule has 0 saturated heterocycles. The quantitative estimate of drug-likeness (QED) is 0.600. The molecule has 28 heavy (non-hydrogen) atoms. The molecule has 2 aromatic carbocycles. The lowest BCUT2D eigenvalue weighted by atomic mass is 9.86. The van der Waals surface area contributed by atoms with Gasteiger partial charge in [-0.2, -0.15) is 13.2 Å². The zero-order valence-electron chi connectivity index (χ0n) is 14.1. The molecule has 0 radical (unpaired) electrons. The van der Waals surface area contributed by atoms with E-state index in [-0.39, 0.29) is 37.5 Å². The van der Waals surface area contributed by atoms with Crippen LogP contribution >= 0.6 is 34.8 Å². The van der Waals surface area contributed by atoms with Crippen LogP contribution in [0.3, 0.4) is 0 Å². The highest BCUT2D eigenvalue weighted by molar-refractivity contribution is 6.35. The zero-order valence-corrected chi connectivity index (χ0v) is 16.3. The summed E-state index contributed by atoms with van der Waals surface area (Å²) in [5.41, 5.74) is -2.74. The second-order valence-corrected chi connectivity index (χ2v) is 7.52. The third-order valence-electron chi connectivity index (χ3n) is 4.37. The number of carbonyl (C=O) groups is 1. The maximum atomic E-state index is 14.0. The van der Waals surface area contributed by atoms with E-state index in [4.69, 9.17) is 44.7 Å². The largest absolute Gasteiger partial charge is 0.478 e. The highest BCUT2D eigenvalue weighted by atomic mass is 35.5. The SMILES string of the molecule is Cc1cc(C2=NOC(c3cc(Cl)cc(Cl)c3)(C(F)(F)F)C2)c(Cl)cc1C(=O)O. The Hall–Kier alpha value is -1.96. The number of aryl methyl sites for hydroxylation is 1. The molecule has 0 spiro atoms. The van der Waals surface area contributed by atoms with E-state index in [1.54, 1.807) is 0 Å². The highest BCUT2D eigenvalue weighted by Gasteiger charge is 2.62. The van der Waals surface area contributed by atoms with Crippen molar-refractivity contribution in [3.05, 3.63) is 67.7 Å². The number of benzene rings is 2. The molecule has 2 aromatic rings. The summed E-state index contributed by atoms with van der Waals surface area (Å²) >= 11 is 17.8. The number of oxime groups is 1. The summed E-state index contributed by atoms with van der Waals surface area (Å²) in [5, 5.41) is 12.8. The molecule has 1 aliphatic heterocycles. The van der Waals surface area contributed by atoms with Crippen molar-refractivity contribution in [2.45, 2.75) is 25.1 Å². The van der Waals surface area contributed by atoms with Gasteiger partial charge in [0.2, 0.25) is 0 Å². The Bertz CT molecular complexity index is 987. The molecule has 3 rings (SSSR count). The van der Waals surface area contributed by atoms with E-state index < -0.39 is 24.2 Å². The van der Waals surface area contributed by atoms with Crippen LogP contribution in [0, 0.1) is 6.92 Å². The fourth-order valence-corrected chi connectivity index (χ4v) is 3.77. The van der Waals surface area contributed by atoms with Crippen molar-refractivity contribution in [2.75, 3.05) is 0 Å². The fraction of sp³-hybridized carbons (Fsp3) is 0.222. The molecule has 1 heterocycles. The molecule has 1 N–H and O–H groups in total. The van der Waals surface area contributed by atoms with Gasteiger partial charge in [-0.05, 0) is 42.8 Å². The normalized spacial score (nSPS) is 19.3. The Balaban J connectivity index is 2.07. The first-order chi connectivity index (χ1) is 12.9. The molecule has 1 unspecified atom stereocenters. The van der Waals surface area contributed by atoms with Crippen LogP contribution in [-0.2, 0) is 10.4 Å². The monoisotopic (exact) mass is 451 g/mol. The van der Waals surface area contributed by atoms with Crippen LogP contribution in [0.5, 0.6) is 0 Å². The molecular weight excluding hydrogens is 442 g/mol. The van der Waals surface area contributed by atoms with E-state index in [1.807, 2.05) is 0 Å². The standard InChI is InChI=1S/C18H11Cl3F3NO3/c1-8-2-13(14(21)6-12(8)16(26)27)15-7-17(28-25-15,18(22,23)24)9-3-10(19)5-11(20)4-9/h2-6H,7H2,1H3,(H,26,27). The number of hydrogen-bond acceptors (Lipinski definition) is 3. The Kier molecular flexibility index (Phi) is 5.29. The molecule has 0 bridgehead atoms. The van der Waals surface area contributed by atoms with Gasteiger partial charge in [0.25, 0.3) is 5.60 Å². The van der Waals surface area contributed by atoms with Gasteiger partial charge < -0.3 is 9.94 Å². The summed E-state index contributed by atoms with van der Waals surface area (Å²) in [7, 11) is 0. The maximum absolute atomic E-state index is 14.0. The molecule has 1 aliphatic rings. The van der Waals surface area contributed by atoms with Gasteiger partial charge in [0.1, 0.15) is 0 Å². The predicted molar refractivity (Wildman–Crippen MR) is 99.6 cm³/mol. The Morgan fingerprint density at radius 1 is 1.14 bits per heavy atom. The van der Waals surface area contributed by atoms with Crippen LogP contribution in [0.2, 0.25) is 15.1 Å². The first kappa shape index (κ1) is 20.8. The van der Waals surface area contributed by atoms with Gasteiger partial charge in [0.15, 0.2) is 0 Å². The van der Waals surface area contributed by atoms with Crippen molar-refractivity contribution in [3.63, 3.8) is 0 Å². The second kappa shape index (κ2) is 7.13. The van der Waals surface area contributed by atoms with Gasteiger partial charge in [0, 0.05) is 21.2 Å². The van der Waals surface area contributed by atoms with E-state index in [2.05, 4.69) is 5.16 Å². The number of nitrogens with zero attached hydrogens (tertiary/aromatic N) is 1. The van der Waals surface area contributed by atoms with Crippen LogP contribution in [0.4, 0.5) is 13.2 Å². The third kappa shape index (κ3) is 3.54. The second-order valence-electron chi connectivity index (χ2n) is 6.24. The lowest BCUT2D eigenvalue weighted by Gasteiger charge is -2.29. The predicted octanol–water partition coefficient (Wildman–Crippen LogP) is 6.24. The van der Waals surface area contributed by atoms with Crippen molar-refractivity contribution >= 4 is 46.5 Å². The summed E-state index contributed by atoms with van der Waals surface area (Å²) < 4.78 is 42.0. The molecule has 0 saturated carbocycles. The van der Waals surface area contributed by atoms with Crippen molar-refractivity contribution < 1.29 is 27.9 Å². The summed E-state index contributed by atoms with van der Waals surface area (Å²) in [5.74, 6) is -1.20. The van der Waals surface area contributed by atoms with Gasteiger partial charge in [-0.3, -0.25) is 0 Å². The molecule has 0 amide bonds. The number of carboxylic acids is 1. The Morgan fingerprint density at radius 3 is 2.29 bits per heavy atom. The summed E-state index contributed by atoms with van der Waals surface area (Å²) in [6.07, 6.45) is -5.52. The molecule has 1 atom stereocenters. The minimum absolute atomic E-state index is 0.0165. The van der Waals surface area contributed by atoms with Crippen LogP contribution in [0.15, 0.2) is 35.5 Å². The van der Waals surface area contributed by atoms with Crippen molar-refractivity contribution in [3.8, 4) is 0 Å². The Morgan fingerprint density at radius 2 is 1.75 bits per heavy atom. The lowest BCUT2D eigenvalue weighted by Crippen LogP contribution is -2.42.